The van der Waals surface area contributed by atoms with Gasteiger partial charge in [-0.3, -0.25) is 0 Å². The number of nitrogens with zero attached hydrogens (tertiary/aromatic N) is 3. The van der Waals surface area contributed by atoms with Crippen LogP contribution in [0.1, 0.15) is 11.4 Å². The lowest BCUT2D eigenvalue weighted by Crippen LogP contribution is -2.04. The van der Waals surface area contributed by atoms with Gasteiger partial charge >= 0.3 is 0 Å². The number of pyridine rings is 1. The minimum Gasteiger partial charge on any atom is -0.244 e. The van der Waals surface area contributed by atoms with E-state index in [2.05, 4.69) is 74.2 Å². The fourth-order valence-corrected chi connectivity index (χ4v) is 4.39. The van der Waals surface area contributed by atoms with Crippen LogP contribution in [0.4, 0.5) is 0 Å². The van der Waals surface area contributed by atoms with Crippen LogP contribution in [0.3, 0.4) is 0 Å². The second-order valence-electron chi connectivity index (χ2n) is 6.02. The van der Waals surface area contributed by atoms with Crippen LogP contribution in [-0.4, -0.2) is 14.8 Å². The van der Waals surface area contributed by atoms with E-state index in [0.717, 1.165) is 48.2 Å². The molecule has 0 N–H and O–H groups in total. The molecule has 4 aromatic rings. The first-order valence-electron chi connectivity index (χ1n) is 7.92. The molecule has 0 amide bonds. The Morgan fingerprint density at radius 3 is 2.36 bits per heavy atom. The molecule has 0 aliphatic carbocycles. The Morgan fingerprint density at radius 1 is 0.920 bits per heavy atom. The van der Waals surface area contributed by atoms with Crippen LogP contribution >= 0.6 is 31.9 Å². The van der Waals surface area contributed by atoms with Crippen LogP contribution < -0.4 is 0 Å². The van der Waals surface area contributed by atoms with Gasteiger partial charge in [-0.2, -0.15) is 5.10 Å². The molecule has 0 aliphatic rings. The summed E-state index contributed by atoms with van der Waals surface area (Å²) in [6.45, 7) is 4.07. The maximum atomic E-state index is 4.98. The van der Waals surface area contributed by atoms with Crippen LogP contribution in [0.5, 0.6) is 0 Å². The minimum atomic E-state index is 0.919. The van der Waals surface area contributed by atoms with Gasteiger partial charge in [0.25, 0.3) is 0 Å². The largest absolute Gasteiger partial charge is 0.244 e. The molecule has 2 aromatic heterocycles. The monoisotopic (exact) mass is 455 g/mol. The minimum absolute atomic E-state index is 0.919. The Hall–Kier alpha value is -1.98. The van der Waals surface area contributed by atoms with Crippen molar-refractivity contribution in [2.45, 2.75) is 13.8 Å². The maximum Gasteiger partial charge on any atom is 0.0967 e. The lowest BCUT2D eigenvalue weighted by Gasteiger charge is -2.13. The summed E-state index contributed by atoms with van der Waals surface area (Å²) in [5.41, 5.74) is 5.99. The Labute approximate surface area is 163 Å². The highest BCUT2D eigenvalue weighted by atomic mass is 79.9. The second kappa shape index (κ2) is 6.39. The van der Waals surface area contributed by atoms with Crippen molar-refractivity contribution in [2.24, 2.45) is 0 Å². The van der Waals surface area contributed by atoms with Crippen molar-refractivity contribution in [2.75, 3.05) is 0 Å². The van der Waals surface area contributed by atoms with Crippen molar-refractivity contribution < 1.29 is 0 Å². The summed E-state index contributed by atoms with van der Waals surface area (Å²) in [6, 6.07) is 18.6. The summed E-state index contributed by atoms with van der Waals surface area (Å²) < 4.78 is 3.95. The molecular formula is C20H15Br2N3. The van der Waals surface area contributed by atoms with Gasteiger partial charge < -0.3 is 0 Å². The Balaban J connectivity index is 2.10. The molecule has 2 aromatic carbocycles. The third-order valence-electron chi connectivity index (χ3n) is 4.10. The number of hydrogen-bond acceptors (Lipinski definition) is 2. The highest BCUT2D eigenvalue weighted by Gasteiger charge is 2.15. The normalized spacial score (nSPS) is 11.2. The summed E-state index contributed by atoms with van der Waals surface area (Å²) in [4.78, 5) is 4.98. The summed E-state index contributed by atoms with van der Waals surface area (Å²) in [5, 5.41) is 5.73. The van der Waals surface area contributed by atoms with E-state index < -0.39 is 0 Å². The van der Waals surface area contributed by atoms with Crippen LogP contribution in [0.25, 0.3) is 27.8 Å². The Bertz CT molecular complexity index is 1090. The topological polar surface area (TPSA) is 30.7 Å². The van der Waals surface area contributed by atoms with Crippen molar-refractivity contribution in [3.05, 3.63) is 74.9 Å². The van der Waals surface area contributed by atoms with Gasteiger partial charge in [-0.15, -0.1) is 0 Å². The number of benzene rings is 2. The molecule has 0 aliphatic heterocycles. The van der Waals surface area contributed by atoms with Gasteiger partial charge in [-0.05, 0) is 54.0 Å². The first-order chi connectivity index (χ1) is 12.0. The molecule has 4 rings (SSSR count). The van der Waals surface area contributed by atoms with Crippen molar-refractivity contribution >= 4 is 42.8 Å². The van der Waals surface area contributed by atoms with Crippen molar-refractivity contribution in [1.29, 1.82) is 0 Å². The Morgan fingerprint density at radius 2 is 1.68 bits per heavy atom. The van der Waals surface area contributed by atoms with Crippen molar-refractivity contribution in [3.8, 4) is 16.9 Å². The molecule has 124 valence electrons. The number of halogens is 2. The number of aryl methyl sites for hydroxylation is 2. The number of rotatable bonds is 2. The zero-order valence-corrected chi connectivity index (χ0v) is 17.0. The lowest BCUT2D eigenvalue weighted by molar-refractivity contribution is 0.833. The summed E-state index contributed by atoms with van der Waals surface area (Å²) in [7, 11) is 0. The van der Waals surface area contributed by atoms with Crippen LogP contribution in [0.15, 0.2) is 63.5 Å². The number of hydrogen-bond donors (Lipinski definition) is 0. The van der Waals surface area contributed by atoms with Gasteiger partial charge in [-0.25, -0.2) is 9.67 Å². The first kappa shape index (κ1) is 16.5. The van der Waals surface area contributed by atoms with E-state index in [0.29, 0.717) is 0 Å². The highest BCUT2D eigenvalue weighted by Crippen LogP contribution is 2.33. The van der Waals surface area contributed by atoms with Gasteiger partial charge in [0.05, 0.1) is 22.6 Å². The SMILES string of the molecule is Cc1cc(C)n(-c2cc3cc(Br)cc(Br)c3nc2-c2ccccc2)n1. The second-order valence-corrected chi connectivity index (χ2v) is 7.79. The van der Waals surface area contributed by atoms with E-state index in [1.165, 1.54) is 0 Å². The van der Waals surface area contributed by atoms with Gasteiger partial charge in [-0.1, -0.05) is 46.3 Å². The molecule has 0 saturated carbocycles. The molecule has 0 atom stereocenters. The molecule has 3 nitrogen and oxygen atoms in total. The Kier molecular flexibility index (Phi) is 4.21. The zero-order chi connectivity index (χ0) is 17.6. The van der Waals surface area contributed by atoms with E-state index in [9.17, 15) is 0 Å². The average Bonchev–Trinajstić information content (AvgIpc) is 2.93. The third kappa shape index (κ3) is 3.02. The van der Waals surface area contributed by atoms with E-state index in [1.54, 1.807) is 0 Å². The third-order valence-corrected chi connectivity index (χ3v) is 5.16. The number of aromatic nitrogens is 3. The maximum absolute atomic E-state index is 4.98. The molecule has 5 heteroatoms. The van der Waals surface area contributed by atoms with E-state index in [4.69, 9.17) is 4.98 Å². The standard InChI is InChI=1S/C20H15Br2N3/c1-12-8-13(2)25(24-12)18-10-15-9-16(21)11-17(22)19(15)23-20(18)14-6-4-3-5-7-14/h3-11H,1-2H3. The molecule has 0 fully saturated rings. The van der Waals surface area contributed by atoms with E-state index in [-0.39, 0.29) is 0 Å². The lowest BCUT2D eigenvalue weighted by atomic mass is 10.1. The summed E-state index contributed by atoms with van der Waals surface area (Å²) >= 11 is 7.20. The van der Waals surface area contributed by atoms with Crippen molar-refractivity contribution in [3.63, 3.8) is 0 Å². The summed E-state index contributed by atoms with van der Waals surface area (Å²) in [6.07, 6.45) is 0. The van der Waals surface area contributed by atoms with Crippen LogP contribution in [0.2, 0.25) is 0 Å². The van der Waals surface area contributed by atoms with Crippen molar-refractivity contribution in [1.82, 2.24) is 14.8 Å². The van der Waals surface area contributed by atoms with Gasteiger partial charge in [0, 0.05) is 25.6 Å². The van der Waals surface area contributed by atoms with Crippen LogP contribution in [-0.2, 0) is 0 Å². The highest BCUT2D eigenvalue weighted by molar-refractivity contribution is 9.11. The summed E-state index contributed by atoms with van der Waals surface area (Å²) in [5.74, 6) is 0. The average molecular weight is 457 g/mol. The fourth-order valence-electron chi connectivity index (χ4n) is 3.04. The molecule has 0 unspecified atom stereocenters. The van der Waals surface area contributed by atoms with Gasteiger partial charge in [0.1, 0.15) is 0 Å². The zero-order valence-electron chi connectivity index (χ0n) is 13.8. The van der Waals surface area contributed by atoms with Gasteiger partial charge in [0.15, 0.2) is 0 Å². The molecule has 0 bridgehead atoms. The number of fused-ring (bicyclic) bond motifs is 1. The van der Waals surface area contributed by atoms with E-state index >= 15 is 0 Å². The predicted molar refractivity (Wildman–Crippen MR) is 109 cm³/mol. The predicted octanol–water partition coefficient (Wildman–Crippen LogP) is 6.23. The molecular weight excluding hydrogens is 442 g/mol. The fraction of sp³-hybridized carbons (Fsp3) is 0.100. The smallest absolute Gasteiger partial charge is 0.0967 e. The van der Waals surface area contributed by atoms with Gasteiger partial charge in [0.2, 0.25) is 0 Å². The quantitative estimate of drug-likeness (QED) is 0.358. The van der Waals surface area contributed by atoms with Crippen LogP contribution in [0, 0.1) is 13.8 Å². The molecule has 0 saturated heterocycles. The molecule has 0 spiro atoms. The molecule has 25 heavy (non-hydrogen) atoms. The van der Waals surface area contributed by atoms with E-state index in [1.807, 2.05) is 35.9 Å². The molecule has 0 radical (unpaired) electrons. The molecule has 2 heterocycles. The first-order valence-corrected chi connectivity index (χ1v) is 9.50.